The van der Waals surface area contributed by atoms with Gasteiger partial charge < -0.3 is 11.1 Å². The molecule has 4 heteroatoms. The lowest BCUT2D eigenvalue weighted by atomic mass is 9.91. The minimum absolute atomic E-state index is 0.390. The summed E-state index contributed by atoms with van der Waals surface area (Å²) in [7, 11) is 1.98. The maximum atomic E-state index is 5.97. The van der Waals surface area contributed by atoms with Crippen molar-refractivity contribution < 1.29 is 0 Å². The molecule has 1 heterocycles. The zero-order chi connectivity index (χ0) is 11.5. The molecule has 1 fully saturated rings. The molecule has 0 aromatic carbocycles. The van der Waals surface area contributed by atoms with E-state index < -0.39 is 0 Å². The van der Waals surface area contributed by atoms with Gasteiger partial charge in [0.15, 0.2) is 0 Å². The van der Waals surface area contributed by atoms with E-state index in [2.05, 4.69) is 17.3 Å². The van der Waals surface area contributed by atoms with Crippen molar-refractivity contribution in [2.24, 2.45) is 12.8 Å². The van der Waals surface area contributed by atoms with Crippen LogP contribution in [0.25, 0.3) is 0 Å². The molecule has 3 N–H and O–H groups in total. The van der Waals surface area contributed by atoms with Crippen LogP contribution in [0.3, 0.4) is 0 Å². The van der Waals surface area contributed by atoms with Crippen molar-refractivity contribution in [1.82, 2.24) is 15.1 Å². The maximum Gasteiger partial charge on any atom is 0.0537 e. The van der Waals surface area contributed by atoms with Crippen LogP contribution in [-0.4, -0.2) is 21.9 Å². The lowest BCUT2D eigenvalue weighted by Crippen LogP contribution is -2.39. The van der Waals surface area contributed by atoms with E-state index in [4.69, 9.17) is 5.73 Å². The smallest absolute Gasteiger partial charge is 0.0537 e. The van der Waals surface area contributed by atoms with Crippen LogP contribution in [0.4, 0.5) is 0 Å². The van der Waals surface area contributed by atoms with Crippen molar-refractivity contribution in [1.29, 1.82) is 0 Å². The van der Waals surface area contributed by atoms with Gasteiger partial charge in [-0.05, 0) is 26.2 Å². The fourth-order valence-corrected chi connectivity index (χ4v) is 2.38. The summed E-state index contributed by atoms with van der Waals surface area (Å²) in [5, 5.41) is 7.84. The first-order valence-corrected chi connectivity index (χ1v) is 6.13. The molecule has 16 heavy (non-hydrogen) atoms. The molecule has 1 aromatic heterocycles. The Balaban J connectivity index is 1.85. The van der Waals surface area contributed by atoms with Crippen molar-refractivity contribution in [2.75, 3.05) is 0 Å². The molecule has 0 spiro atoms. The summed E-state index contributed by atoms with van der Waals surface area (Å²) in [5.41, 5.74) is 8.51. The van der Waals surface area contributed by atoms with Gasteiger partial charge in [-0.15, -0.1) is 0 Å². The van der Waals surface area contributed by atoms with Gasteiger partial charge in [0.2, 0.25) is 0 Å². The van der Waals surface area contributed by atoms with Crippen molar-refractivity contribution in [2.45, 2.75) is 51.2 Å². The van der Waals surface area contributed by atoms with Crippen LogP contribution >= 0.6 is 0 Å². The van der Waals surface area contributed by atoms with Gasteiger partial charge in [-0.1, -0.05) is 6.42 Å². The fraction of sp³-hybridized carbons (Fsp3) is 0.750. The molecule has 1 aliphatic carbocycles. The average Bonchev–Trinajstić information content (AvgIpc) is 2.57. The number of hydrogen-bond donors (Lipinski definition) is 2. The Morgan fingerprint density at radius 3 is 3.00 bits per heavy atom. The third kappa shape index (κ3) is 2.62. The lowest BCUT2D eigenvalue weighted by molar-refractivity contribution is 0.338. The van der Waals surface area contributed by atoms with Crippen LogP contribution in [0.1, 0.15) is 36.9 Å². The number of hydrogen-bond acceptors (Lipinski definition) is 3. The van der Waals surface area contributed by atoms with Crippen LogP contribution in [0.15, 0.2) is 6.20 Å². The highest BCUT2D eigenvalue weighted by Crippen LogP contribution is 2.17. The molecule has 1 aliphatic rings. The van der Waals surface area contributed by atoms with E-state index in [-0.39, 0.29) is 0 Å². The Morgan fingerprint density at radius 2 is 2.38 bits per heavy atom. The summed E-state index contributed by atoms with van der Waals surface area (Å²) in [6.07, 6.45) is 6.76. The molecule has 0 aliphatic heterocycles. The summed E-state index contributed by atoms with van der Waals surface area (Å²) in [6, 6.07) is 0.976. The molecular weight excluding hydrogens is 200 g/mol. The largest absolute Gasteiger partial charge is 0.328 e. The van der Waals surface area contributed by atoms with E-state index in [0.717, 1.165) is 13.0 Å². The normalized spacial score (nSPS) is 25.9. The molecule has 4 nitrogen and oxygen atoms in total. The highest BCUT2D eigenvalue weighted by molar-refractivity contribution is 5.15. The Kier molecular flexibility index (Phi) is 3.61. The van der Waals surface area contributed by atoms with Crippen molar-refractivity contribution in [3.05, 3.63) is 17.5 Å². The summed E-state index contributed by atoms with van der Waals surface area (Å²) in [5.74, 6) is 0. The number of nitrogens with one attached hydrogen (secondary N) is 1. The average molecular weight is 222 g/mol. The summed E-state index contributed by atoms with van der Waals surface area (Å²) >= 11 is 0. The molecule has 2 atom stereocenters. The third-order valence-corrected chi connectivity index (χ3v) is 3.63. The molecule has 1 saturated carbocycles. The van der Waals surface area contributed by atoms with E-state index >= 15 is 0 Å². The maximum absolute atomic E-state index is 5.97. The summed E-state index contributed by atoms with van der Waals surface area (Å²) in [6.45, 7) is 3.02. The van der Waals surface area contributed by atoms with Crippen molar-refractivity contribution in [3.8, 4) is 0 Å². The van der Waals surface area contributed by atoms with Gasteiger partial charge in [0.05, 0.1) is 6.20 Å². The van der Waals surface area contributed by atoms with E-state index in [1.165, 1.54) is 30.5 Å². The number of aryl methyl sites for hydroxylation is 1. The SMILES string of the molecule is Cc1c(CNC2CCCC(N)C2)cnn1C. The molecule has 0 radical (unpaired) electrons. The van der Waals surface area contributed by atoms with Gasteiger partial charge in [0.25, 0.3) is 0 Å². The molecule has 0 saturated heterocycles. The van der Waals surface area contributed by atoms with Gasteiger partial charge in [-0.3, -0.25) is 4.68 Å². The molecular formula is C12H22N4. The fourth-order valence-electron chi connectivity index (χ4n) is 2.38. The zero-order valence-electron chi connectivity index (χ0n) is 10.2. The Hall–Kier alpha value is -0.870. The number of nitrogens with two attached hydrogens (primary N) is 1. The minimum Gasteiger partial charge on any atom is -0.328 e. The second-order valence-electron chi connectivity index (χ2n) is 4.88. The molecule has 2 unspecified atom stereocenters. The number of rotatable bonds is 3. The van der Waals surface area contributed by atoms with Crippen LogP contribution in [0.5, 0.6) is 0 Å². The highest BCUT2D eigenvalue weighted by atomic mass is 15.3. The summed E-state index contributed by atoms with van der Waals surface area (Å²) in [4.78, 5) is 0. The van der Waals surface area contributed by atoms with E-state index in [1.807, 2.05) is 17.9 Å². The van der Waals surface area contributed by atoms with Crippen LogP contribution in [0, 0.1) is 6.92 Å². The highest BCUT2D eigenvalue weighted by Gasteiger charge is 2.18. The standard InChI is InChI=1S/C12H22N4/c1-9-10(8-15-16(9)2)7-14-12-5-3-4-11(13)6-12/h8,11-12,14H,3-7,13H2,1-2H3. The van der Waals surface area contributed by atoms with Crippen LogP contribution in [-0.2, 0) is 13.6 Å². The van der Waals surface area contributed by atoms with Gasteiger partial charge >= 0.3 is 0 Å². The second kappa shape index (κ2) is 4.97. The van der Waals surface area contributed by atoms with Crippen molar-refractivity contribution in [3.63, 3.8) is 0 Å². The van der Waals surface area contributed by atoms with Crippen LogP contribution in [0.2, 0.25) is 0 Å². The Labute approximate surface area is 97.2 Å². The minimum atomic E-state index is 0.390. The molecule has 90 valence electrons. The number of nitrogens with zero attached hydrogens (tertiary/aromatic N) is 2. The molecule has 2 rings (SSSR count). The first kappa shape index (κ1) is 11.6. The van der Waals surface area contributed by atoms with Gasteiger partial charge in [-0.2, -0.15) is 5.10 Å². The first-order valence-electron chi connectivity index (χ1n) is 6.13. The summed E-state index contributed by atoms with van der Waals surface area (Å²) < 4.78 is 1.92. The Morgan fingerprint density at radius 1 is 1.56 bits per heavy atom. The van der Waals surface area contributed by atoms with Crippen molar-refractivity contribution >= 4 is 0 Å². The second-order valence-corrected chi connectivity index (χ2v) is 4.88. The first-order chi connectivity index (χ1) is 7.66. The zero-order valence-corrected chi connectivity index (χ0v) is 10.2. The predicted molar refractivity (Wildman–Crippen MR) is 65.0 cm³/mol. The van der Waals surface area contributed by atoms with E-state index in [1.54, 1.807) is 0 Å². The monoisotopic (exact) mass is 222 g/mol. The predicted octanol–water partition coefficient (Wildman–Crippen LogP) is 1.09. The van der Waals surface area contributed by atoms with Gasteiger partial charge in [0.1, 0.15) is 0 Å². The molecule has 0 amide bonds. The molecule has 0 bridgehead atoms. The van der Waals surface area contributed by atoms with Gasteiger partial charge in [0, 0.05) is 36.9 Å². The van der Waals surface area contributed by atoms with E-state index in [0.29, 0.717) is 12.1 Å². The molecule has 1 aromatic rings. The van der Waals surface area contributed by atoms with E-state index in [9.17, 15) is 0 Å². The van der Waals surface area contributed by atoms with Gasteiger partial charge in [-0.25, -0.2) is 0 Å². The number of aromatic nitrogens is 2. The topological polar surface area (TPSA) is 55.9 Å². The third-order valence-electron chi connectivity index (χ3n) is 3.63. The van der Waals surface area contributed by atoms with Crippen LogP contribution < -0.4 is 11.1 Å². The quantitative estimate of drug-likeness (QED) is 0.805. The lowest BCUT2D eigenvalue weighted by Gasteiger charge is -2.27. The Bertz CT molecular complexity index is 345.